The third kappa shape index (κ3) is 6.26. The predicted molar refractivity (Wildman–Crippen MR) is 137 cm³/mol. The fourth-order valence-electron chi connectivity index (χ4n) is 4.29. The van der Waals surface area contributed by atoms with Crippen molar-refractivity contribution in [3.63, 3.8) is 0 Å². The van der Waals surface area contributed by atoms with Gasteiger partial charge in [0.15, 0.2) is 5.75 Å². The topological polar surface area (TPSA) is 107 Å². The SMILES string of the molecule is CN(Cc1ccc(-c2nnc(C(F)F)o2)cn1)c1cc(F)c(-c2ccc(CN3CCOCC3)nc2)cc1OC=O. The molecule has 40 heavy (non-hydrogen) atoms. The van der Waals surface area contributed by atoms with Crippen molar-refractivity contribution < 1.29 is 31.9 Å². The number of morpholine rings is 1. The van der Waals surface area contributed by atoms with Gasteiger partial charge in [0.05, 0.1) is 42.4 Å². The van der Waals surface area contributed by atoms with E-state index in [2.05, 4.69) is 25.1 Å². The number of ether oxygens (including phenoxy) is 2. The Morgan fingerprint density at radius 1 is 1.05 bits per heavy atom. The van der Waals surface area contributed by atoms with Crippen LogP contribution >= 0.6 is 0 Å². The fraction of sp³-hybridized carbons (Fsp3) is 0.296. The number of rotatable bonds is 10. The third-order valence-corrected chi connectivity index (χ3v) is 6.36. The second-order valence-electron chi connectivity index (χ2n) is 9.08. The molecule has 0 atom stereocenters. The first-order valence-corrected chi connectivity index (χ1v) is 12.4. The molecule has 0 amide bonds. The summed E-state index contributed by atoms with van der Waals surface area (Å²) in [4.78, 5) is 24.0. The van der Waals surface area contributed by atoms with E-state index in [9.17, 15) is 13.6 Å². The summed E-state index contributed by atoms with van der Waals surface area (Å²) in [5, 5.41) is 6.91. The predicted octanol–water partition coefficient (Wildman–Crippen LogP) is 4.27. The molecule has 0 unspecified atom stereocenters. The first-order valence-electron chi connectivity index (χ1n) is 12.4. The van der Waals surface area contributed by atoms with E-state index in [4.69, 9.17) is 13.9 Å². The van der Waals surface area contributed by atoms with Crippen LogP contribution < -0.4 is 9.64 Å². The van der Waals surface area contributed by atoms with Gasteiger partial charge in [0.25, 0.3) is 12.4 Å². The summed E-state index contributed by atoms with van der Waals surface area (Å²) in [6.07, 6.45) is 0.142. The van der Waals surface area contributed by atoms with Crippen LogP contribution in [0.4, 0.5) is 18.9 Å². The maximum atomic E-state index is 15.3. The quantitative estimate of drug-likeness (QED) is 0.264. The van der Waals surface area contributed by atoms with Gasteiger partial charge in [-0.05, 0) is 24.3 Å². The molecule has 0 radical (unpaired) electrons. The lowest BCUT2D eigenvalue weighted by Gasteiger charge is -2.26. The first kappa shape index (κ1) is 27.2. The van der Waals surface area contributed by atoms with E-state index in [0.717, 1.165) is 18.8 Å². The lowest BCUT2D eigenvalue weighted by Crippen LogP contribution is -2.35. The normalized spacial score (nSPS) is 13.9. The number of hydrogen-bond donors (Lipinski definition) is 0. The van der Waals surface area contributed by atoms with Crippen molar-refractivity contribution in [2.45, 2.75) is 19.5 Å². The molecule has 10 nitrogen and oxygen atoms in total. The number of benzene rings is 1. The molecular weight excluding hydrogens is 529 g/mol. The van der Waals surface area contributed by atoms with E-state index in [0.29, 0.717) is 42.3 Å². The lowest BCUT2D eigenvalue weighted by atomic mass is 10.0. The number of pyridine rings is 2. The van der Waals surface area contributed by atoms with Crippen molar-refractivity contribution in [2.75, 3.05) is 38.3 Å². The molecule has 1 aliphatic rings. The summed E-state index contributed by atoms with van der Waals surface area (Å²) < 4.78 is 56.3. The number of nitrogens with zero attached hydrogens (tertiary/aromatic N) is 6. The molecule has 4 aromatic rings. The van der Waals surface area contributed by atoms with Gasteiger partial charge < -0.3 is 18.8 Å². The zero-order valence-electron chi connectivity index (χ0n) is 21.5. The van der Waals surface area contributed by atoms with Gasteiger partial charge in [0.1, 0.15) is 5.82 Å². The van der Waals surface area contributed by atoms with Crippen molar-refractivity contribution in [2.24, 2.45) is 0 Å². The largest absolute Gasteiger partial charge is 0.427 e. The number of carbonyl (C=O) groups excluding carboxylic acids is 1. The standard InChI is InChI=1S/C27H25F3N6O4/c1-35(14-19-5-3-18(13-32-19)26-33-34-27(40-26)25(29)30)23-11-22(28)21(10-24(23)39-16-37)17-2-4-20(31-12-17)15-36-6-8-38-9-7-36/h2-5,10-13,16,25H,6-9,14-15H2,1H3. The average molecular weight is 555 g/mol. The van der Waals surface area contributed by atoms with E-state index in [1.807, 2.05) is 6.07 Å². The molecule has 13 heteroatoms. The summed E-state index contributed by atoms with van der Waals surface area (Å²) >= 11 is 0. The molecular formula is C27H25F3N6O4. The minimum absolute atomic E-state index is 0.0781. The van der Waals surface area contributed by atoms with Crippen molar-refractivity contribution in [1.82, 2.24) is 25.1 Å². The van der Waals surface area contributed by atoms with Gasteiger partial charge in [0, 0.05) is 56.3 Å². The number of alkyl halides is 2. The fourth-order valence-corrected chi connectivity index (χ4v) is 4.29. The Morgan fingerprint density at radius 2 is 1.77 bits per heavy atom. The van der Waals surface area contributed by atoms with Crippen LogP contribution in [-0.4, -0.2) is 64.9 Å². The number of aromatic nitrogens is 4. The molecule has 3 aromatic heterocycles. The Kier molecular flexibility index (Phi) is 8.31. The van der Waals surface area contributed by atoms with Crippen LogP contribution in [0.15, 0.2) is 53.2 Å². The van der Waals surface area contributed by atoms with Crippen LogP contribution in [0, 0.1) is 5.82 Å². The minimum atomic E-state index is -2.87. The molecule has 0 saturated carbocycles. The highest BCUT2D eigenvalue weighted by Crippen LogP contribution is 2.36. The molecule has 5 rings (SSSR count). The van der Waals surface area contributed by atoms with Crippen molar-refractivity contribution in [3.8, 4) is 28.3 Å². The smallest absolute Gasteiger partial charge is 0.314 e. The molecule has 1 saturated heterocycles. The Morgan fingerprint density at radius 3 is 2.42 bits per heavy atom. The average Bonchev–Trinajstić information content (AvgIpc) is 3.46. The van der Waals surface area contributed by atoms with Crippen molar-refractivity contribution in [1.29, 1.82) is 0 Å². The summed E-state index contributed by atoms with van der Waals surface area (Å²) in [5.74, 6) is -1.21. The van der Waals surface area contributed by atoms with Crippen LogP contribution in [-0.2, 0) is 22.6 Å². The molecule has 1 aliphatic heterocycles. The van der Waals surface area contributed by atoms with Crippen LogP contribution in [0.2, 0.25) is 0 Å². The molecule has 0 N–H and O–H groups in total. The van der Waals surface area contributed by atoms with Crippen LogP contribution in [0.1, 0.15) is 23.7 Å². The summed E-state index contributed by atoms with van der Waals surface area (Å²) in [6, 6.07) is 9.63. The number of anilines is 1. The van der Waals surface area contributed by atoms with Gasteiger partial charge in [-0.3, -0.25) is 19.7 Å². The molecule has 208 valence electrons. The van der Waals surface area contributed by atoms with Crippen LogP contribution in [0.25, 0.3) is 22.6 Å². The van der Waals surface area contributed by atoms with Gasteiger partial charge in [0.2, 0.25) is 5.89 Å². The Balaban J connectivity index is 1.31. The van der Waals surface area contributed by atoms with Gasteiger partial charge in [-0.2, -0.15) is 8.78 Å². The molecule has 0 bridgehead atoms. The van der Waals surface area contributed by atoms with E-state index < -0.39 is 18.1 Å². The Labute approximate surface area is 227 Å². The lowest BCUT2D eigenvalue weighted by molar-refractivity contribution is -0.120. The zero-order chi connectivity index (χ0) is 28.1. The summed E-state index contributed by atoms with van der Waals surface area (Å²) in [7, 11) is 1.69. The van der Waals surface area contributed by atoms with Gasteiger partial charge >= 0.3 is 6.43 Å². The van der Waals surface area contributed by atoms with E-state index in [1.54, 1.807) is 36.3 Å². The highest BCUT2D eigenvalue weighted by atomic mass is 19.3. The summed E-state index contributed by atoms with van der Waals surface area (Å²) in [6.45, 7) is 4.22. The molecule has 0 aliphatic carbocycles. The second kappa shape index (κ2) is 12.2. The third-order valence-electron chi connectivity index (χ3n) is 6.36. The van der Waals surface area contributed by atoms with E-state index in [-0.39, 0.29) is 30.2 Å². The first-order chi connectivity index (χ1) is 19.4. The highest BCUT2D eigenvalue weighted by molar-refractivity contribution is 5.73. The number of hydrogen-bond acceptors (Lipinski definition) is 10. The van der Waals surface area contributed by atoms with Crippen LogP contribution in [0.5, 0.6) is 5.75 Å². The minimum Gasteiger partial charge on any atom is -0.427 e. The van der Waals surface area contributed by atoms with Gasteiger partial charge in [-0.1, -0.05) is 6.07 Å². The van der Waals surface area contributed by atoms with Crippen molar-refractivity contribution in [3.05, 3.63) is 71.9 Å². The molecule has 1 fully saturated rings. The second-order valence-corrected chi connectivity index (χ2v) is 9.08. The number of carbonyl (C=O) groups is 1. The zero-order valence-corrected chi connectivity index (χ0v) is 21.5. The monoisotopic (exact) mass is 554 g/mol. The van der Waals surface area contributed by atoms with E-state index in [1.165, 1.54) is 18.3 Å². The molecule has 1 aromatic carbocycles. The Hall–Kier alpha value is -4.36. The van der Waals surface area contributed by atoms with Gasteiger partial charge in [-0.15, -0.1) is 10.2 Å². The van der Waals surface area contributed by atoms with Crippen molar-refractivity contribution >= 4 is 12.2 Å². The van der Waals surface area contributed by atoms with E-state index >= 15 is 4.39 Å². The maximum absolute atomic E-state index is 15.3. The molecule has 0 spiro atoms. The van der Waals surface area contributed by atoms with Gasteiger partial charge in [-0.25, -0.2) is 4.39 Å². The number of halogens is 3. The Bertz CT molecular complexity index is 1440. The summed E-state index contributed by atoms with van der Waals surface area (Å²) in [5.41, 5.74) is 2.91. The van der Waals surface area contributed by atoms with Crippen LogP contribution in [0.3, 0.4) is 0 Å². The maximum Gasteiger partial charge on any atom is 0.314 e. The molecule has 4 heterocycles. The highest BCUT2D eigenvalue weighted by Gasteiger charge is 2.19.